The van der Waals surface area contributed by atoms with Crippen LogP contribution in [0, 0.1) is 0 Å². The lowest BCUT2D eigenvalue weighted by molar-refractivity contribution is -0.144. The molecule has 0 saturated heterocycles. The van der Waals surface area contributed by atoms with Crippen LogP contribution in [0.15, 0.2) is 24.3 Å². The van der Waals surface area contributed by atoms with E-state index in [9.17, 15) is 4.79 Å². The second-order valence-corrected chi connectivity index (χ2v) is 5.14. The van der Waals surface area contributed by atoms with Gasteiger partial charge in [0.25, 0.3) is 0 Å². The molecule has 1 aromatic rings. The van der Waals surface area contributed by atoms with Crippen LogP contribution in [-0.2, 0) is 16.0 Å². The maximum absolute atomic E-state index is 11.6. The van der Waals surface area contributed by atoms with Crippen molar-refractivity contribution in [2.45, 2.75) is 38.6 Å². The molecule has 1 aromatic carbocycles. The van der Waals surface area contributed by atoms with Crippen molar-refractivity contribution < 1.29 is 14.3 Å². The van der Waals surface area contributed by atoms with E-state index in [-0.39, 0.29) is 11.5 Å². The van der Waals surface area contributed by atoms with Crippen molar-refractivity contribution in [3.8, 4) is 5.75 Å². The summed E-state index contributed by atoms with van der Waals surface area (Å²) in [4.78, 5) is 11.6. The SMILES string of the molecule is CCOC(=O)CC(C)(CCc1ccc(OC)cc1)NC. The molecule has 1 atom stereocenters. The lowest BCUT2D eigenvalue weighted by Crippen LogP contribution is -2.42. The van der Waals surface area contributed by atoms with Crippen LogP contribution in [0.2, 0.25) is 0 Å². The molecule has 4 nitrogen and oxygen atoms in total. The number of carbonyl (C=O) groups excluding carboxylic acids is 1. The van der Waals surface area contributed by atoms with Gasteiger partial charge in [0, 0.05) is 5.54 Å². The van der Waals surface area contributed by atoms with Crippen LogP contribution < -0.4 is 10.1 Å². The molecule has 0 radical (unpaired) electrons. The fraction of sp³-hybridized carbons (Fsp3) is 0.562. The highest BCUT2D eigenvalue weighted by molar-refractivity contribution is 5.70. The van der Waals surface area contributed by atoms with Gasteiger partial charge in [0.15, 0.2) is 0 Å². The summed E-state index contributed by atoms with van der Waals surface area (Å²) in [5.41, 5.74) is 0.989. The Hall–Kier alpha value is -1.55. The van der Waals surface area contributed by atoms with E-state index in [1.165, 1.54) is 5.56 Å². The fourth-order valence-electron chi connectivity index (χ4n) is 2.04. The first-order valence-electron chi connectivity index (χ1n) is 7.00. The number of benzene rings is 1. The molecule has 1 N–H and O–H groups in total. The Morgan fingerprint density at radius 1 is 1.30 bits per heavy atom. The predicted octanol–water partition coefficient (Wildman–Crippen LogP) is 2.56. The lowest BCUT2D eigenvalue weighted by atomic mass is 9.90. The van der Waals surface area contributed by atoms with Crippen molar-refractivity contribution in [2.24, 2.45) is 0 Å². The van der Waals surface area contributed by atoms with E-state index in [1.807, 2.05) is 33.0 Å². The molecule has 0 saturated carbocycles. The standard InChI is InChI=1S/C16H25NO3/c1-5-20-15(18)12-16(2,17-3)11-10-13-6-8-14(19-4)9-7-13/h6-9,17H,5,10-12H2,1-4H3. The lowest BCUT2D eigenvalue weighted by Gasteiger charge is -2.28. The fourth-order valence-corrected chi connectivity index (χ4v) is 2.04. The van der Waals surface area contributed by atoms with Crippen LogP contribution in [0.5, 0.6) is 5.75 Å². The minimum Gasteiger partial charge on any atom is -0.497 e. The van der Waals surface area contributed by atoms with E-state index in [0.717, 1.165) is 18.6 Å². The van der Waals surface area contributed by atoms with E-state index < -0.39 is 0 Å². The van der Waals surface area contributed by atoms with Crippen molar-refractivity contribution in [1.29, 1.82) is 0 Å². The smallest absolute Gasteiger partial charge is 0.307 e. The van der Waals surface area contributed by atoms with E-state index in [2.05, 4.69) is 17.4 Å². The Balaban J connectivity index is 2.56. The quantitative estimate of drug-likeness (QED) is 0.743. The van der Waals surface area contributed by atoms with Gasteiger partial charge in [0.05, 0.1) is 20.1 Å². The summed E-state index contributed by atoms with van der Waals surface area (Å²) in [6, 6.07) is 8.02. The predicted molar refractivity (Wildman–Crippen MR) is 80.0 cm³/mol. The minimum absolute atomic E-state index is 0.154. The second-order valence-electron chi connectivity index (χ2n) is 5.14. The highest BCUT2D eigenvalue weighted by atomic mass is 16.5. The molecule has 0 aromatic heterocycles. The summed E-state index contributed by atoms with van der Waals surface area (Å²) in [7, 11) is 3.54. The number of ether oxygens (including phenoxy) is 2. The van der Waals surface area contributed by atoms with Crippen LogP contribution >= 0.6 is 0 Å². The average molecular weight is 279 g/mol. The number of carbonyl (C=O) groups is 1. The molecular weight excluding hydrogens is 254 g/mol. The zero-order valence-electron chi connectivity index (χ0n) is 12.9. The molecule has 20 heavy (non-hydrogen) atoms. The van der Waals surface area contributed by atoms with Gasteiger partial charge in [-0.3, -0.25) is 4.79 Å². The first kappa shape index (κ1) is 16.5. The first-order valence-corrected chi connectivity index (χ1v) is 7.00. The molecule has 112 valence electrons. The number of rotatable bonds is 8. The monoisotopic (exact) mass is 279 g/mol. The van der Waals surface area contributed by atoms with E-state index in [1.54, 1.807) is 7.11 Å². The first-order chi connectivity index (χ1) is 9.53. The molecule has 1 rings (SSSR count). The average Bonchev–Trinajstić information content (AvgIpc) is 2.46. The molecule has 0 fully saturated rings. The molecule has 0 spiro atoms. The third-order valence-corrected chi connectivity index (χ3v) is 3.57. The number of nitrogens with one attached hydrogen (secondary N) is 1. The third kappa shape index (κ3) is 5.21. The van der Waals surface area contributed by atoms with Gasteiger partial charge in [-0.15, -0.1) is 0 Å². The highest BCUT2D eigenvalue weighted by Crippen LogP contribution is 2.20. The molecule has 0 bridgehead atoms. The molecule has 0 heterocycles. The van der Waals surface area contributed by atoms with Crippen molar-refractivity contribution in [2.75, 3.05) is 20.8 Å². The Kier molecular flexibility index (Phi) is 6.52. The molecule has 0 aliphatic carbocycles. The van der Waals surface area contributed by atoms with Crippen molar-refractivity contribution >= 4 is 5.97 Å². The molecule has 0 aliphatic rings. The van der Waals surface area contributed by atoms with Crippen LogP contribution in [0.3, 0.4) is 0 Å². The number of hydrogen-bond acceptors (Lipinski definition) is 4. The summed E-state index contributed by atoms with van der Waals surface area (Å²) >= 11 is 0. The van der Waals surface area contributed by atoms with Gasteiger partial charge in [-0.05, 0) is 51.4 Å². The maximum Gasteiger partial charge on any atom is 0.307 e. The van der Waals surface area contributed by atoms with Crippen molar-refractivity contribution in [1.82, 2.24) is 5.32 Å². The summed E-state index contributed by atoms with van der Waals surface area (Å²) in [6.45, 7) is 4.30. The largest absolute Gasteiger partial charge is 0.497 e. The Morgan fingerprint density at radius 3 is 2.45 bits per heavy atom. The number of aryl methyl sites for hydroxylation is 1. The van der Waals surface area contributed by atoms with E-state index in [0.29, 0.717) is 13.0 Å². The topological polar surface area (TPSA) is 47.6 Å². The zero-order chi connectivity index (χ0) is 15.0. The number of esters is 1. The van der Waals surface area contributed by atoms with Gasteiger partial charge >= 0.3 is 5.97 Å². The summed E-state index contributed by atoms with van der Waals surface area (Å²) in [6.07, 6.45) is 2.16. The van der Waals surface area contributed by atoms with Crippen LogP contribution in [0.4, 0.5) is 0 Å². The van der Waals surface area contributed by atoms with Crippen LogP contribution in [0.1, 0.15) is 32.3 Å². The molecular formula is C16H25NO3. The zero-order valence-corrected chi connectivity index (χ0v) is 12.9. The van der Waals surface area contributed by atoms with Crippen LogP contribution in [-0.4, -0.2) is 32.3 Å². The summed E-state index contributed by atoms with van der Waals surface area (Å²) in [5.74, 6) is 0.704. The maximum atomic E-state index is 11.6. The van der Waals surface area contributed by atoms with E-state index >= 15 is 0 Å². The molecule has 4 heteroatoms. The Bertz CT molecular complexity index is 416. The third-order valence-electron chi connectivity index (χ3n) is 3.57. The van der Waals surface area contributed by atoms with Gasteiger partial charge in [0.2, 0.25) is 0 Å². The Morgan fingerprint density at radius 2 is 1.95 bits per heavy atom. The van der Waals surface area contributed by atoms with Crippen LogP contribution in [0.25, 0.3) is 0 Å². The number of hydrogen-bond donors (Lipinski definition) is 1. The van der Waals surface area contributed by atoms with Gasteiger partial charge in [-0.2, -0.15) is 0 Å². The normalized spacial score (nSPS) is 13.6. The molecule has 1 unspecified atom stereocenters. The highest BCUT2D eigenvalue weighted by Gasteiger charge is 2.26. The molecule has 0 amide bonds. The van der Waals surface area contributed by atoms with E-state index in [4.69, 9.17) is 9.47 Å². The summed E-state index contributed by atoms with van der Waals surface area (Å²) < 4.78 is 10.2. The second kappa shape index (κ2) is 7.90. The minimum atomic E-state index is -0.244. The number of methoxy groups -OCH3 is 1. The van der Waals surface area contributed by atoms with Gasteiger partial charge in [-0.1, -0.05) is 12.1 Å². The van der Waals surface area contributed by atoms with Crippen molar-refractivity contribution in [3.05, 3.63) is 29.8 Å². The van der Waals surface area contributed by atoms with Gasteiger partial charge in [0.1, 0.15) is 5.75 Å². The Labute approximate surface area is 121 Å². The van der Waals surface area contributed by atoms with Gasteiger partial charge in [-0.25, -0.2) is 0 Å². The summed E-state index contributed by atoms with van der Waals surface area (Å²) in [5, 5.41) is 3.24. The van der Waals surface area contributed by atoms with Gasteiger partial charge < -0.3 is 14.8 Å². The van der Waals surface area contributed by atoms with Crippen molar-refractivity contribution in [3.63, 3.8) is 0 Å². The molecule has 0 aliphatic heterocycles.